The maximum atomic E-state index is 13.4. The van der Waals surface area contributed by atoms with Gasteiger partial charge in [-0.05, 0) is 99.2 Å². The van der Waals surface area contributed by atoms with Crippen LogP contribution >= 0.6 is 0 Å². The first kappa shape index (κ1) is 23.1. The van der Waals surface area contributed by atoms with Gasteiger partial charge in [0.2, 0.25) is 0 Å². The molecule has 8 unspecified atom stereocenters. The third-order valence-corrected chi connectivity index (χ3v) is 10.5. The van der Waals surface area contributed by atoms with E-state index in [9.17, 15) is 9.90 Å². The zero-order valence-electron chi connectivity index (χ0n) is 20.4. The minimum absolute atomic E-state index is 0.0602. The highest BCUT2D eigenvalue weighted by Crippen LogP contribution is 2.68. The van der Waals surface area contributed by atoms with E-state index in [1.807, 2.05) is 14.0 Å². The van der Waals surface area contributed by atoms with Crippen LogP contribution in [0.2, 0.25) is 0 Å². The van der Waals surface area contributed by atoms with Gasteiger partial charge in [-0.2, -0.15) is 10.4 Å². The summed E-state index contributed by atoms with van der Waals surface area (Å²) in [4.78, 5) is 13.4. The Kier molecular flexibility index (Phi) is 5.73. The Bertz CT molecular complexity index is 949. The van der Waals surface area contributed by atoms with Crippen molar-refractivity contribution in [3.05, 3.63) is 18.0 Å². The molecule has 4 aliphatic rings. The Morgan fingerprint density at radius 1 is 1.21 bits per heavy atom. The highest BCUT2D eigenvalue weighted by molar-refractivity contribution is 5.82. The van der Waals surface area contributed by atoms with Crippen molar-refractivity contribution in [2.75, 3.05) is 13.7 Å². The molecule has 0 radical (unpaired) electrons. The second-order valence-electron chi connectivity index (χ2n) is 12.2. The van der Waals surface area contributed by atoms with Crippen LogP contribution in [0.4, 0.5) is 0 Å². The van der Waals surface area contributed by atoms with E-state index in [4.69, 9.17) is 10.00 Å². The van der Waals surface area contributed by atoms with E-state index in [1.165, 1.54) is 25.5 Å². The van der Waals surface area contributed by atoms with Crippen molar-refractivity contribution in [3.8, 4) is 6.07 Å². The van der Waals surface area contributed by atoms with Gasteiger partial charge in [0.05, 0.1) is 30.5 Å². The molecule has 4 saturated carbocycles. The number of carbonyl (C=O) groups is 1. The van der Waals surface area contributed by atoms with Gasteiger partial charge >= 0.3 is 0 Å². The molecule has 0 aliphatic heterocycles. The van der Waals surface area contributed by atoms with Gasteiger partial charge in [0, 0.05) is 19.2 Å². The molecule has 0 amide bonds. The van der Waals surface area contributed by atoms with Gasteiger partial charge in [0.25, 0.3) is 0 Å². The number of ketones is 1. The first-order valence-corrected chi connectivity index (χ1v) is 12.9. The number of aromatic nitrogens is 2. The quantitative estimate of drug-likeness (QED) is 0.716. The van der Waals surface area contributed by atoms with E-state index in [-0.39, 0.29) is 29.1 Å². The predicted octanol–water partition coefficient (Wildman–Crippen LogP) is 4.36. The molecule has 4 fully saturated rings. The molecule has 33 heavy (non-hydrogen) atoms. The first-order valence-electron chi connectivity index (χ1n) is 12.9. The van der Waals surface area contributed by atoms with E-state index in [2.05, 4.69) is 18.1 Å². The van der Waals surface area contributed by atoms with Crippen molar-refractivity contribution in [2.45, 2.75) is 83.8 Å². The number of carbonyl (C=O) groups excluding carboxylic acids is 1. The Hall–Kier alpha value is -1.71. The average Bonchev–Trinajstić information content (AvgIpc) is 3.37. The van der Waals surface area contributed by atoms with Gasteiger partial charge in [-0.1, -0.05) is 6.92 Å². The number of aliphatic hydroxyl groups is 1. The van der Waals surface area contributed by atoms with Crippen LogP contribution < -0.4 is 0 Å². The molecule has 4 aliphatic carbocycles. The van der Waals surface area contributed by atoms with Crippen molar-refractivity contribution in [1.29, 1.82) is 5.26 Å². The van der Waals surface area contributed by atoms with Gasteiger partial charge in [-0.15, -0.1) is 0 Å². The summed E-state index contributed by atoms with van der Waals surface area (Å²) < 4.78 is 7.50. The summed E-state index contributed by atoms with van der Waals surface area (Å²) in [5.74, 6) is 2.80. The van der Waals surface area contributed by atoms with Gasteiger partial charge in [-0.25, -0.2) is 0 Å². The summed E-state index contributed by atoms with van der Waals surface area (Å²) in [6.45, 7) is 5.48. The molecule has 1 N–H and O–H groups in total. The number of fused-ring (bicyclic) bond motifs is 5. The summed E-state index contributed by atoms with van der Waals surface area (Å²) >= 11 is 0. The second-order valence-corrected chi connectivity index (χ2v) is 12.2. The number of rotatable bonds is 5. The van der Waals surface area contributed by atoms with Gasteiger partial charge in [0.1, 0.15) is 6.07 Å². The number of nitriles is 1. The molecule has 0 saturated heterocycles. The van der Waals surface area contributed by atoms with Crippen molar-refractivity contribution in [2.24, 2.45) is 40.4 Å². The first-order chi connectivity index (χ1) is 15.7. The Labute approximate surface area is 197 Å². The van der Waals surface area contributed by atoms with E-state index in [1.54, 1.807) is 10.9 Å². The lowest BCUT2D eigenvalue weighted by molar-refractivity contribution is -0.175. The normalized spacial score (nSPS) is 44.4. The fourth-order valence-corrected chi connectivity index (χ4v) is 9.09. The summed E-state index contributed by atoms with van der Waals surface area (Å²) in [5.41, 5.74) is 0.211. The Balaban J connectivity index is 1.36. The Morgan fingerprint density at radius 3 is 2.76 bits per heavy atom. The summed E-state index contributed by atoms with van der Waals surface area (Å²) in [7, 11) is 1.84. The van der Waals surface area contributed by atoms with Gasteiger partial charge in [-0.3, -0.25) is 9.48 Å². The molecule has 0 aromatic carbocycles. The highest BCUT2D eigenvalue weighted by atomic mass is 16.5. The Morgan fingerprint density at radius 2 is 2.03 bits per heavy atom. The van der Waals surface area contributed by atoms with Crippen LogP contribution in [0.15, 0.2) is 12.4 Å². The lowest BCUT2D eigenvalue weighted by Gasteiger charge is -2.62. The molecule has 6 heteroatoms. The second kappa shape index (κ2) is 8.20. The van der Waals surface area contributed by atoms with Crippen LogP contribution in [0.1, 0.15) is 77.2 Å². The average molecular weight is 454 g/mol. The molecule has 5 rings (SSSR count). The number of hydrogen-bond acceptors (Lipinski definition) is 5. The molecular formula is C27H39N3O3. The van der Waals surface area contributed by atoms with Crippen LogP contribution in [-0.4, -0.2) is 40.0 Å². The van der Waals surface area contributed by atoms with Crippen LogP contribution in [0.3, 0.4) is 0 Å². The standard InChI is InChI=1S/C27H39N3O3/c1-25(32)10-11-27(17-33-3)19(12-25)4-5-20-21-6-7-23(26(21,2)9-8-22(20)27)24(31)16-30-15-18(13-28)14-29-30/h14-15,19-23,32H,4-12,16-17H2,1-3H3. The van der Waals surface area contributed by atoms with Crippen LogP contribution in [-0.2, 0) is 16.1 Å². The fourth-order valence-electron chi connectivity index (χ4n) is 9.09. The van der Waals surface area contributed by atoms with Gasteiger partial charge < -0.3 is 9.84 Å². The lowest BCUT2D eigenvalue weighted by Crippen LogP contribution is -2.58. The molecular weight excluding hydrogens is 414 g/mol. The largest absolute Gasteiger partial charge is 0.390 e. The molecule has 0 bridgehead atoms. The topological polar surface area (TPSA) is 88.1 Å². The van der Waals surface area contributed by atoms with Crippen LogP contribution in [0, 0.1) is 51.8 Å². The van der Waals surface area contributed by atoms with E-state index in [0.717, 1.165) is 45.1 Å². The number of hydrogen-bond donors (Lipinski definition) is 1. The minimum Gasteiger partial charge on any atom is -0.390 e. The smallest absolute Gasteiger partial charge is 0.157 e. The number of Topliss-reactive ketones (excluding diaryl/α,β-unsaturated/α-hetero) is 1. The third-order valence-electron chi connectivity index (χ3n) is 10.5. The molecule has 1 heterocycles. The highest BCUT2D eigenvalue weighted by Gasteiger charge is 2.63. The monoisotopic (exact) mass is 453 g/mol. The summed E-state index contributed by atoms with van der Waals surface area (Å²) in [6, 6.07) is 2.10. The molecule has 0 spiro atoms. The number of methoxy groups -OCH3 is 1. The molecule has 180 valence electrons. The summed E-state index contributed by atoms with van der Waals surface area (Å²) in [5, 5.41) is 24.1. The van der Waals surface area contributed by atoms with Crippen LogP contribution in [0.25, 0.3) is 0 Å². The maximum absolute atomic E-state index is 13.4. The van der Waals surface area contributed by atoms with Crippen molar-refractivity contribution in [3.63, 3.8) is 0 Å². The van der Waals surface area contributed by atoms with E-state index in [0.29, 0.717) is 29.2 Å². The van der Waals surface area contributed by atoms with Gasteiger partial charge in [0.15, 0.2) is 5.78 Å². The number of nitrogens with zero attached hydrogens (tertiary/aromatic N) is 3. The maximum Gasteiger partial charge on any atom is 0.157 e. The van der Waals surface area contributed by atoms with Crippen molar-refractivity contribution >= 4 is 5.78 Å². The molecule has 1 aromatic rings. The summed E-state index contributed by atoms with van der Waals surface area (Å²) in [6.07, 6.45) is 12.8. The van der Waals surface area contributed by atoms with Crippen LogP contribution in [0.5, 0.6) is 0 Å². The van der Waals surface area contributed by atoms with Crippen molar-refractivity contribution in [1.82, 2.24) is 9.78 Å². The van der Waals surface area contributed by atoms with Crippen molar-refractivity contribution < 1.29 is 14.6 Å². The molecule has 8 atom stereocenters. The zero-order valence-corrected chi connectivity index (χ0v) is 20.4. The number of ether oxygens (including phenoxy) is 1. The molecule has 1 aromatic heterocycles. The lowest BCUT2D eigenvalue weighted by atomic mass is 9.43. The van der Waals surface area contributed by atoms with E-state index >= 15 is 0 Å². The minimum atomic E-state index is -0.541. The fraction of sp³-hybridized carbons (Fsp3) is 0.815. The predicted molar refractivity (Wildman–Crippen MR) is 124 cm³/mol. The zero-order chi connectivity index (χ0) is 23.4. The van der Waals surface area contributed by atoms with E-state index < -0.39 is 5.60 Å². The SMILES string of the molecule is COCC12CCC(C)(O)CC1CCC1C3CCC(C(=O)Cn4cc(C#N)cn4)C3(C)CCC12. The third kappa shape index (κ3) is 3.67. The molecule has 6 nitrogen and oxygen atoms in total.